The molecular weight excluding hydrogens is 104 g/mol. The maximum atomic E-state index is 6.60. The first kappa shape index (κ1) is 7.10. The highest BCUT2D eigenvalue weighted by atomic mass is 15.3. The maximum absolute atomic E-state index is 6.60. The van der Waals surface area contributed by atoms with Gasteiger partial charge in [-0.25, -0.2) is 0 Å². The van der Waals surface area contributed by atoms with E-state index in [1.54, 1.807) is 0 Å². The predicted molar refractivity (Wildman–Crippen MR) is 34.1 cm³/mol. The lowest BCUT2D eigenvalue weighted by molar-refractivity contribution is 0.573. The van der Waals surface area contributed by atoms with Crippen LogP contribution in [0.3, 0.4) is 0 Å². The van der Waals surface area contributed by atoms with Gasteiger partial charge < -0.3 is 11.1 Å². The van der Waals surface area contributed by atoms with E-state index >= 15 is 0 Å². The van der Waals surface area contributed by atoms with Crippen LogP contribution in [0.2, 0.25) is 0 Å². The van der Waals surface area contributed by atoms with Gasteiger partial charge in [0.1, 0.15) is 0 Å². The summed E-state index contributed by atoms with van der Waals surface area (Å²) in [5, 5.41) is 9.93. The minimum atomic E-state index is -0.259. The van der Waals surface area contributed by atoms with Crippen LogP contribution >= 0.6 is 0 Å². The van der Waals surface area contributed by atoms with Crippen molar-refractivity contribution in [2.75, 3.05) is 0 Å². The second-order valence-corrected chi connectivity index (χ2v) is 1.33. The molecule has 8 heavy (non-hydrogen) atoms. The zero-order chi connectivity index (χ0) is 6.41. The van der Waals surface area contributed by atoms with E-state index < -0.39 is 0 Å². The molecule has 0 amide bonds. The highest BCUT2D eigenvalue weighted by molar-refractivity contribution is 5.53. The minimum Gasteiger partial charge on any atom is -0.313 e. The fourth-order valence-corrected chi connectivity index (χ4v) is 0.297. The van der Waals surface area contributed by atoms with Gasteiger partial charge in [0.05, 0.1) is 6.17 Å². The molecule has 1 atom stereocenters. The average molecular weight is 114 g/mol. The summed E-state index contributed by atoms with van der Waals surface area (Å²) in [5.41, 5.74) is 7.79. The smallest absolute Gasteiger partial charge is 0.0958 e. The van der Waals surface area contributed by atoms with Crippen molar-refractivity contribution >= 4 is 12.9 Å². The van der Waals surface area contributed by atoms with Gasteiger partial charge in [-0.1, -0.05) is 0 Å². The van der Waals surface area contributed by atoms with Gasteiger partial charge in [-0.15, -0.1) is 0 Å². The normalized spacial score (nSPS) is 12.1. The Kier molecular flexibility index (Phi) is 3.78. The van der Waals surface area contributed by atoms with E-state index in [0.717, 1.165) is 0 Å². The lowest BCUT2D eigenvalue weighted by atomic mass is 10.4. The quantitative estimate of drug-likeness (QED) is 0.262. The van der Waals surface area contributed by atoms with Crippen molar-refractivity contribution < 1.29 is 0 Å². The van der Waals surface area contributed by atoms with Gasteiger partial charge in [0.2, 0.25) is 0 Å². The molecule has 0 saturated carbocycles. The molecule has 0 radical (unpaired) electrons. The second kappa shape index (κ2) is 4.26. The fraction of sp³-hybridized carbons (Fsp3) is 0.500. The first-order valence-corrected chi connectivity index (χ1v) is 2.27. The number of hydrazone groups is 1. The lowest BCUT2D eigenvalue weighted by Crippen LogP contribution is -2.33. The van der Waals surface area contributed by atoms with Crippen molar-refractivity contribution in [1.82, 2.24) is 5.43 Å². The molecule has 4 N–H and O–H groups in total. The zero-order valence-electron chi connectivity index (χ0n) is 4.59. The fourth-order valence-electron chi connectivity index (χ4n) is 0.297. The van der Waals surface area contributed by atoms with E-state index in [-0.39, 0.29) is 6.17 Å². The Morgan fingerprint density at radius 3 is 3.00 bits per heavy atom. The average Bonchev–Trinajstić information content (AvgIpc) is 1.68. The second-order valence-electron chi connectivity index (χ2n) is 1.33. The molecule has 0 rings (SSSR count). The molecule has 0 aromatic heterocycles. The molecule has 4 heteroatoms. The molecule has 0 fully saturated rings. The van der Waals surface area contributed by atoms with Crippen molar-refractivity contribution in [2.45, 2.75) is 12.6 Å². The predicted octanol–water partition coefficient (Wildman–Crippen LogP) is -0.484. The molecule has 4 nitrogen and oxygen atoms in total. The van der Waals surface area contributed by atoms with E-state index in [1.165, 1.54) is 6.21 Å². The highest BCUT2D eigenvalue weighted by Gasteiger charge is 1.92. The number of hydrogen-bond acceptors (Lipinski definition) is 4. The van der Waals surface area contributed by atoms with Crippen molar-refractivity contribution in [2.24, 2.45) is 10.8 Å². The van der Waals surface area contributed by atoms with Gasteiger partial charge in [-0.3, -0.25) is 5.43 Å². The molecule has 0 heterocycles. The van der Waals surface area contributed by atoms with E-state index in [4.69, 9.17) is 11.1 Å². The Labute approximate surface area is 48.3 Å². The Hall–Kier alpha value is -0.900. The standard InChI is InChI=1S/C4H10N4/c1-7-8-4(6)2-3-5/h3-5,8H,1-2,6H2. The lowest BCUT2D eigenvalue weighted by Gasteiger charge is -2.04. The number of nitrogens with one attached hydrogen (secondary N) is 2. The van der Waals surface area contributed by atoms with Crippen LogP contribution in [0, 0.1) is 5.41 Å². The van der Waals surface area contributed by atoms with E-state index in [2.05, 4.69) is 17.2 Å². The molecule has 1 unspecified atom stereocenters. The third-order valence-electron chi connectivity index (χ3n) is 0.629. The summed E-state index contributed by atoms with van der Waals surface area (Å²) in [6, 6.07) is 0. The van der Waals surface area contributed by atoms with Crippen LogP contribution in [0.5, 0.6) is 0 Å². The topological polar surface area (TPSA) is 74.3 Å². The molecule has 0 aliphatic heterocycles. The minimum absolute atomic E-state index is 0.259. The number of hydrogen-bond donors (Lipinski definition) is 3. The summed E-state index contributed by atoms with van der Waals surface area (Å²) < 4.78 is 0. The van der Waals surface area contributed by atoms with Crippen LogP contribution in [0.1, 0.15) is 6.42 Å². The van der Waals surface area contributed by atoms with Gasteiger partial charge in [-0.05, 0) is 6.21 Å². The summed E-state index contributed by atoms with van der Waals surface area (Å²) in [7, 11) is 0. The molecule has 0 spiro atoms. The Morgan fingerprint density at radius 1 is 2.00 bits per heavy atom. The third kappa shape index (κ3) is 3.30. The summed E-state index contributed by atoms with van der Waals surface area (Å²) in [6.07, 6.45) is 1.45. The summed E-state index contributed by atoms with van der Waals surface area (Å²) in [4.78, 5) is 0. The van der Waals surface area contributed by atoms with Crippen LogP contribution in [0.4, 0.5) is 0 Å². The Bertz CT molecular complexity index is 70.1. The Balaban J connectivity index is 3.16. The van der Waals surface area contributed by atoms with E-state index in [9.17, 15) is 0 Å². The van der Waals surface area contributed by atoms with Crippen LogP contribution in [-0.4, -0.2) is 19.1 Å². The first-order chi connectivity index (χ1) is 3.81. The van der Waals surface area contributed by atoms with Crippen LogP contribution < -0.4 is 11.2 Å². The van der Waals surface area contributed by atoms with Gasteiger partial charge in [-0.2, -0.15) is 5.10 Å². The number of nitrogens with two attached hydrogens (primary N) is 1. The van der Waals surface area contributed by atoms with Crippen molar-refractivity contribution in [3.05, 3.63) is 0 Å². The molecule has 0 aromatic carbocycles. The summed E-state index contributed by atoms with van der Waals surface area (Å²) in [6.45, 7) is 3.17. The molecule has 0 aromatic rings. The maximum Gasteiger partial charge on any atom is 0.0958 e. The molecule has 0 bridgehead atoms. The third-order valence-corrected chi connectivity index (χ3v) is 0.629. The largest absolute Gasteiger partial charge is 0.313 e. The molecule has 0 saturated heterocycles. The number of rotatable bonds is 4. The van der Waals surface area contributed by atoms with Crippen molar-refractivity contribution in [3.8, 4) is 0 Å². The molecular formula is C4H10N4. The summed E-state index contributed by atoms with van der Waals surface area (Å²) in [5.74, 6) is 0. The molecule has 46 valence electrons. The van der Waals surface area contributed by atoms with Crippen LogP contribution in [-0.2, 0) is 0 Å². The van der Waals surface area contributed by atoms with Crippen molar-refractivity contribution in [3.63, 3.8) is 0 Å². The zero-order valence-corrected chi connectivity index (χ0v) is 4.59. The van der Waals surface area contributed by atoms with E-state index in [0.29, 0.717) is 6.42 Å². The Morgan fingerprint density at radius 2 is 2.62 bits per heavy atom. The van der Waals surface area contributed by atoms with Gasteiger partial charge >= 0.3 is 0 Å². The first-order valence-electron chi connectivity index (χ1n) is 2.27. The van der Waals surface area contributed by atoms with Crippen LogP contribution in [0.25, 0.3) is 0 Å². The summed E-state index contributed by atoms with van der Waals surface area (Å²) >= 11 is 0. The molecule has 0 aliphatic carbocycles. The van der Waals surface area contributed by atoms with E-state index in [1.807, 2.05) is 0 Å². The van der Waals surface area contributed by atoms with Gasteiger partial charge in [0.15, 0.2) is 0 Å². The highest BCUT2D eigenvalue weighted by Crippen LogP contribution is 1.74. The SMILES string of the molecule is C=NNC(N)CC=N. The van der Waals surface area contributed by atoms with Gasteiger partial charge in [0, 0.05) is 13.1 Å². The van der Waals surface area contributed by atoms with Crippen LogP contribution in [0.15, 0.2) is 5.10 Å². The van der Waals surface area contributed by atoms with Gasteiger partial charge in [0.25, 0.3) is 0 Å². The molecule has 0 aliphatic rings. The monoisotopic (exact) mass is 114 g/mol. The number of nitrogens with zero attached hydrogens (tertiary/aromatic N) is 1. The van der Waals surface area contributed by atoms with Crippen molar-refractivity contribution in [1.29, 1.82) is 5.41 Å².